The molecule has 0 bridgehead atoms. The zero-order chi connectivity index (χ0) is 16.3. The fraction of sp³-hybridized carbons (Fsp3) is 0.529. The van der Waals surface area contributed by atoms with Crippen LogP contribution >= 0.6 is 0 Å². The highest BCUT2D eigenvalue weighted by Crippen LogP contribution is 2.22. The molecule has 1 aliphatic rings. The molecular formula is C17H25N3O2. The number of benzene rings is 1. The number of nitrogens with zero attached hydrogens (tertiary/aromatic N) is 2. The minimum absolute atomic E-state index is 0.100. The van der Waals surface area contributed by atoms with Crippen molar-refractivity contribution in [1.82, 2.24) is 15.1 Å². The molecule has 2 rings (SSSR count). The van der Waals surface area contributed by atoms with Crippen LogP contribution in [0.1, 0.15) is 32.8 Å². The molecule has 22 heavy (non-hydrogen) atoms. The molecule has 0 aromatic heterocycles. The molecule has 1 unspecified atom stereocenters. The number of carbonyl (C=O) groups is 2. The van der Waals surface area contributed by atoms with Gasteiger partial charge in [-0.05, 0) is 26.3 Å². The summed E-state index contributed by atoms with van der Waals surface area (Å²) in [5, 5.41) is 2.96. The van der Waals surface area contributed by atoms with Crippen molar-refractivity contribution >= 4 is 11.9 Å². The van der Waals surface area contributed by atoms with Crippen LogP contribution in [0.2, 0.25) is 0 Å². The number of carbonyl (C=O) groups excluding carboxylic acids is 2. The Morgan fingerprint density at radius 3 is 2.50 bits per heavy atom. The molecule has 0 radical (unpaired) electrons. The van der Waals surface area contributed by atoms with E-state index in [0.29, 0.717) is 19.5 Å². The van der Waals surface area contributed by atoms with E-state index in [1.807, 2.05) is 56.0 Å². The lowest BCUT2D eigenvalue weighted by molar-refractivity contribution is -0.131. The molecule has 1 N–H and O–H groups in total. The predicted molar refractivity (Wildman–Crippen MR) is 86.3 cm³/mol. The Balaban J connectivity index is 1.89. The molecule has 1 heterocycles. The average Bonchev–Trinajstić information content (AvgIpc) is 2.80. The van der Waals surface area contributed by atoms with Crippen LogP contribution in [0.25, 0.3) is 0 Å². The van der Waals surface area contributed by atoms with Crippen LogP contribution in [-0.2, 0) is 11.3 Å². The molecule has 120 valence electrons. The first-order chi connectivity index (χ1) is 10.3. The highest BCUT2D eigenvalue weighted by Gasteiger charge is 2.37. The van der Waals surface area contributed by atoms with Gasteiger partial charge in [-0.2, -0.15) is 0 Å². The standard InChI is InChI=1S/C17H25N3O2/c1-17(2,3)20-12-14(10-15(20)21)18-16(22)19(4)11-13-8-6-5-7-9-13/h5-9,14H,10-12H2,1-4H3,(H,18,22). The van der Waals surface area contributed by atoms with Crippen LogP contribution in [0.15, 0.2) is 30.3 Å². The van der Waals surface area contributed by atoms with E-state index < -0.39 is 0 Å². The summed E-state index contributed by atoms with van der Waals surface area (Å²) in [5.74, 6) is 0.100. The van der Waals surface area contributed by atoms with Crippen LogP contribution < -0.4 is 5.32 Å². The van der Waals surface area contributed by atoms with E-state index >= 15 is 0 Å². The van der Waals surface area contributed by atoms with E-state index in [2.05, 4.69) is 5.32 Å². The third-order valence-electron chi connectivity index (χ3n) is 3.87. The second-order valence-corrected chi connectivity index (χ2v) is 6.87. The Morgan fingerprint density at radius 2 is 1.95 bits per heavy atom. The Hall–Kier alpha value is -2.04. The molecule has 1 fully saturated rings. The van der Waals surface area contributed by atoms with E-state index in [9.17, 15) is 9.59 Å². The van der Waals surface area contributed by atoms with Crippen molar-refractivity contribution < 1.29 is 9.59 Å². The summed E-state index contributed by atoms with van der Waals surface area (Å²) in [4.78, 5) is 27.8. The lowest BCUT2D eigenvalue weighted by atomic mass is 10.1. The monoisotopic (exact) mass is 303 g/mol. The summed E-state index contributed by atoms with van der Waals surface area (Å²) in [6.07, 6.45) is 0.377. The molecule has 0 spiro atoms. The first-order valence-electron chi connectivity index (χ1n) is 7.63. The first kappa shape index (κ1) is 16.3. The minimum Gasteiger partial charge on any atom is -0.336 e. The SMILES string of the molecule is CN(Cc1ccccc1)C(=O)NC1CC(=O)N(C(C)(C)C)C1. The highest BCUT2D eigenvalue weighted by atomic mass is 16.2. The topological polar surface area (TPSA) is 52.7 Å². The Labute approximate surface area is 132 Å². The summed E-state index contributed by atoms with van der Waals surface area (Å²) < 4.78 is 0. The number of hydrogen-bond donors (Lipinski definition) is 1. The van der Waals surface area contributed by atoms with Crippen molar-refractivity contribution in [2.75, 3.05) is 13.6 Å². The van der Waals surface area contributed by atoms with Crippen molar-refractivity contribution in [3.05, 3.63) is 35.9 Å². The molecule has 5 nitrogen and oxygen atoms in total. The maximum absolute atomic E-state index is 12.3. The van der Waals surface area contributed by atoms with Crippen molar-refractivity contribution in [3.63, 3.8) is 0 Å². The van der Waals surface area contributed by atoms with E-state index in [0.717, 1.165) is 5.56 Å². The van der Waals surface area contributed by atoms with Gasteiger partial charge < -0.3 is 15.1 Å². The van der Waals surface area contributed by atoms with Crippen LogP contribution in [-0.4, -0.2) is 46.9 Å². The van der Waals surface area contributed by atoms with Gasteiger partial charge in [-0.25, -0.2) is 4.79 Å². The van der Waals surface area contributed by atoms with Crippen molar-refractivity contribution in [3.8, 4) is 0 Å². The van der Waals surface area contributed by atoms with Gasteiger partial charge in [-0.1, -0.05) is 30.3 Å². The summed E-state index contributed by atoms with van der Waals surface area (Å²) in [7, 11) is 1.76. The van der Waals surface area contributed by atoms with Gasteiger partial charge in [0.1, 0.15) is 0 Å². The van der Waals surface area contributed by atoms with Gasteiger partial charge in [0.15, 0.2) is 0 Å². The maximum atomic E-state index is 12.3. The zero-order valence-electron chi connectivity index (χ0n) is 13.8. The van der Waals surface area contributed by atoms with E-state index in [1.165, 1.54) is 0 Å². The molecular weight excluding hydrogens is 278 g/mol. The Kier molecular flexibility index (Phi) is 4.74. The molecule has 5 heteroatoms. The van der Waals surface area contributed by atoms with Gasteiger partial charge in [0.05, 0.1) is 6.04 Å². The van der Waals surface area contributed by atoms with E-state index in [-0.39, 0.29) is 23.5 Å². The number of rotatable bonds is 3. The van der Waals surface area contributed by atoms with Crippen LogP contribution in [0.3, 0.4) is 0 Å². The van der Waals surface area contributed by atoms with E-state index in [1.54, 1.807) is 11.9 Å². The smallest absolute Gasteiger partial charge is 0.317 e. The summed E-state index contributed by atoms with van der Waals surface area (Å²) in [6.45, 7) is 7.16. The summed E-state index contributed by atoms with van der Waals surface area (Å²) in [5.41, 5.74) is 0.880. The lowest BCUT2D eigenvalue weighted by Gasteiger charge is -2.32. The van der Waals surface area contributed by atoms with Crippen molar-refractivity contribution in [2.24, 2.45) is 0 Å². The fourth-order valence-corrected chi connectivity index (χ4v) is 2.67. The third-order valence-corrected chi connectivity index (χ3v) is 3.87. The number of likely N-dealkylation sites (tertiary alicyclic amines) is 1. The third kappa shape index (κ3) is 4.00. The molecule has 0 aliphatic carbocycles. The number of nitrogens with one attached hydrogen (secondary N) is 1. The molecule has 1 atom stereocenters. The van der Waals surface area contributed by atoms with Crippen LogP contribution in [0.4, 0.5) is 4.79 Å². The molecule has 1 saturated heterocycles. The van der Waals surface area contributed by atoms with Gasteiger partial charge in [0.25, 0.3) is 0 Å². The summed E-state index contributed by atoms with van der Waals surface area (Å²) in [6, 6.07) is 9.59. The minimum atomic E-state index is -0.202. The first-order valence-corrected chi connectivity index (χ1v) is 7.63. The number of urea groups is 1. The van der Waals surface area contributed by atoms with Gasteiger partial charge in [-0.3, -0.25) is 4.79 Å². The van der Waals surface area contributed by atoms with Crippen molar-refractivity contribution in [2.45, 2.75) is 45.3 Å². The number of amides is 3. The zero-order valence-corrected chi connectivity index (χ0v) is 13.8. The van der Waals surface area contributed by atoms with Gasteiger partial charge >= 0.3 is 6.03 Å². The van der Waals surface area contributed by atoms with Crippen molar-refractivity contribution in [1.29, 1.82) is 0 Å². The number of hydrogen-bond acceptors (Lipinski definition) is 2. The highest BCUT2D eigenvalue weighted by molar-refractivity contribution is 5.82. The second-order valence-electron chi connectivity index (χ2n) is 6.87. The van der Waals surface area contributed by atoms with Gasteiger partial charge in [0, 0.05) is 32.1 Å². The van der Waals surface area contributed by atoms with E-state index in [4.69, 9.17) is 0 Å². The van der Waals surface area contributed by atoms with Gasteiger partial charge in [-0.15, -0.1) is 0 Å². The Bertz CT molecular complexity index is 537. The van der Waals surface area contributed by atoms with Crippen LogP contribution in [0, 0.1) is 0 Å². The fourth-order valence-electron chi connectivity index (χ4n) is 2.67. The normalized spacial score (nSPS) is 18.5. The largest absolute Gasteiger partial charge is 0.336 e. The summed E-state index contributed by atoms with van der Waals surface area (Å²) >= 11 is 0. The molecule has 0 saturated carbocycles. The Morgan fingerprint density at radius 1 is 1.32 bits per heavy atom. The lowest BCUT2D eigenvalue weighted by Crippen LogP contribution is -2.46. The molecule has 1 aromatic carbocycles. The predicted octanol–water partition coefficient (Wildman–Crippen LogP) is 2.23. The van der Waals surface area contributed by atoms with Crippen LogP contribution in [0.5, 0.6) is 0 Å². The quantitative estimate of drug-likeness (QED) is 0.931. The maximum Gasteiger partial charge on any atom is 0.317 e. The van der Waals surface area contributed by atoms with Gasteiger partial charge in [0.2, 0.25) is 5.91 Å². The molecule has 1 aromatic rings. The molecule has 1 aliphatic heterocycles. The average molecular weight is 303 g/mol. The molecule has 3 amide bonds. The second kappa shape index (κ2) is 6.38.